The second-order valence-corrected chi connectivity index (χ2v) is 7.08. The molecule has 7 nitrogen and oxygen atoms in total. The van der Waals surface area contributed by atoms with Crippen molar-refractivity contribution in [3.05, 3.63) is 52.5 Å². The van der Waals surface area contributed by atoms with Crippen LogP contribution in [0.3, 0.4) is 0 Å². The van der Waals surface area contributed by atoms with Gasteiger partial charge in [0.2, 0.25) is 5.82 Å². The Bertz CT molecular complexity index is 907. The van der Waals surface area contributed by atoms with Crippen LogP contribution >= 0.6 is 23.2 Å². The summed E-state index contributed by atoms with van der Waals surface area (Å²) in [6.07, 6.45) is 0. The first-order valence-corrected chi connectivity index (χ1v) is 8.51. The van der Waals surface area contributed by atoms with Crippen molar-refractivity contribution in [2.75, 3.05) is 4.72 Å². The van der Waals surface area contributed by atoms with Gasteiger partial charge in [-0.3, -0.25) is 4.72 Å². The van der Waals surface area contributed by atoms with E-state index in [1.807, 2.05) is 0 Å². The van der Waals surface area contributed by atoms with Crippen LogP contribution in [0.2, 0.25) is 10.0 Å². The van der Waals surface area contributed by atoms with E-state index in [2.05, 4.69) is 25.3 Å². The van der Waals surface area contributed by atoms with E-state index in [0.29, 0.717) is 17.1 Å². The van der Waals surface area contributed by atoms with Gasteiger partial charge in [0.05, 0.1) is 4.90 Å². The van der Waals surface area contributed by atoms with Crippen molar-refractivity contribution < 1.29 is 8.42 Å². The summed E-state index contributed by atoms with van der Waals surface area (Å²) in [5.74, 6) is 0.418. The molecule has 118 valence electrons. The highest BCUT2D eigenvalue weighted by Crippen LogP contribution is 2.25. The van der Waals surface area contributed by atoms with Crippen molar-refractivity contribution in [1.29, 1.82) is 0 Å². The van der Waals surface area contributed by atoms with E-state index in [4.69, 9.17) is 23.2 Å². The smallest absolute Gasteiger partial charge is 0.261 e. The third-order valence-corrected chi connectivity index (χ3v) is 4.68. The van der Waals surface area contributed by atoms with E-state index in [0.717, 1.165) is 0 Å². The van der Waals surface area contributed by atoms with Crippen molar-refractivity contribution in [1.82, 2.24) is 20.6 Å². The molecule has 0 aliphatic rings. The zero-order chi connectivity index (χ0) is 16.4. The third kappa shape index (κ3) is 3.61. The topological polar surface area (TPSA) is 101 Å². The predicted molar refractivity (Wildman–Crippen MR) is 86.9 cm³/mol. The standard InChI is InChI=1S/C13H9Cl2N5O2S/c14-9-5-10(15)7-12(6-9)23(21,22)18-11-3-1-8(2-4-11)13-16-19-20-17-13/h1-7,18H,(H,16,17,19,20). The maximum Gasteiger partial charge on any atom is 0.261 e. The summed E-state index contributed by atoms with van der Waals surface area (Å²) in [5, 5.41) is 14.0. The molecule has 0 saturated heterocycles. The number of H-pyrrole nitrogens is 1. The molecule has 0 radical (unpaired) electrons. The van der Waals surface area contributed by atoms with E-state index >= 15 is 0 Å². The molecular formula is C13H9Cl2N5O2S. The maximum absolute atomic E-state index is 12.4. The second-order valence-electron chi connectivity index (χ2n) is 4.52. The molecule has 0 spiro atoms. The Morgan fingerprint density at radius 1 is 1.00 bits per heavy atom. The highest BCUT2D eigenvalue weighted by atomic mass is 35.5. The average molecular weight is 370 g/mol. The summed E-state index contributed by atoms with van der Waals surface area (Å²) in [6, 6.07) is 10.6. The van der Waals surface area contributed by atoms with E-state index in [1.165, 1.54) is 18.2 Å². The average Bonchev–Trinajstić information content (AvgIpc) is 3.01. The molecule has 0 aliphatic carbocycles. The van der Waals surface area contributed by atoms with Crippen LogP contribution in [0.15, 0.2) is 47.4 Å². The molecule has 0 amide bonds. The molecule has 1 aromatic heterocycles. The normalized spacial score (nSPS) is 11.4. The Morgan fingerprint density at radius 3 is 2.22 bits per heavy atom. The lowest BCUT2D eigenvalue weighted by molar-refractivity contribution is 0.601. The van der Waals surface area contributed by atoms with Gasteiger partial charge in [0.25, 0.3) is 10.0 Å². The lowest BCUT2D eigenvalue weighted by Gasteiger charge is -2.09. The number of nitrogens with zero attached hydrogens (tertiary/aromatic N) is 3. The van der Waals surface area contributed by atoms with Gasteiger partial charge in [0, 0.05) is 21.3 Å². The number of tetrazole rings is 1. The van der Waals surface area contributed by atoms with Gasteiger partial charge in [-0.25, -0.2) is 8.42 Å². The highest BCUT2D eigenvalue weighted by molar-refractivity contribution is 7.92. The quantitative estimate of drug-likeness (QED) is 0.735. The fourth-order valence-electron chi connectivity index (χ4n) is 1.87. The van der Waals surface area contributed by atoms with Gasteiger partial charge >= 0.3 is 0 Å². The van der Waals surface area contributed by atoms with Gasteiger partial charge in [-0.1, -0.05) is 23.2 Å². The Hall–Kier alpha value is -2.16. The maximum atomic E-state index is 12.4. The van der Waals surface area contributed by atoms with Crippen LogP contribution in [0, 0.1) is 0 Å². The number of sulfonamides is 1. The Labute approximate surface area is 141 Å². The molecule has 0 fully saturated rings. The largest absolute Gasteiger partial charge is 0.280 e. The van der Waals surface area contributed by atoms with Crippen LogP contribution in [0.25, 0.3) is 11.4 Å². The third-order valence-electron chi connectivity index (χ3n) is 2.89. The van der Waals surface area contributed by atoms with Gasteiger partial charge in [-0.2, -0.15) is 5.21 Å². The number of nitrogens with one attached hydrogen (secondary N) is 2. The number of rotatable bonds is 4. The summed E-state index contributed by atoms with van der Waals surface area (Å²) in [4.78, 5) is -0.0164. The Morgan fingerprint density at radius 2 is 1.65 bits per heavy atom. The first-order chi connectivity index (χ1) is 10.9. The number of benzene rings is 2. The fraction of sp³-hybridized carbons (Fsp3) is 0. The number of anilines is 1. The van der Waals surface area contributed by atoms with Gasteiger partial charge in [-0.05, 0) is 47.7 Å². The van der Waals surface area contributed by atoms with Gasteiger partial charge < -0.3 is 0 Å². The summed E-state index contributed by atoms with van der Waals surface area (Å²) in [5.41, 5.74) is 1.08. The lowest BCUT2D eigenvalue weighted by atomic mass is 10.2. The van der Waals surface area contributed by atoms with Crippen molar-refractivity contribution in [3.8, 4) is 11.4 Å². The minimum absolute atomic E-state index is 0.0164. The Balaban J connectivity index is 1.86. The first kappa shape index (κ1) is 15.7. The SMILES string of the molecule is O=S(=O)(Nc1ccc(-c2nn[nH]n2)cc1)c1cc(Cl)cc(Cl)c1. The second kappa shape index (κ2) is 6.15. The van der Waals surface area contributed by atoms with E-state index in [-0.39, 0.29) is 14.9 Å². The first-order valence-electron chi connectivity index (χ1n) is 6.27. The molecule has 0 unspecified atom stereocenters. The van der Waals surface area contributed by atoms with Crippen LogP contribution in [0.1, 0.15) is 0 Å². The van der Waals surface area contributed by atoms with E-state index < -0.39 is 10.0 Å². The molecule has 1 heterocycles. The van der Waals surface area contributed by atoms with Crippen molar-refractivity contribution in [3.63, 3.8) is 0 Å². The zero-order valence-corrected chi connectivity index (χ0v) is 13.7. The fourth-order valence-corrected chi connectivity index (χ4v) is 3.65. The minimum atomic E-state index is -3.79. The molecule has 0 bridgehead atoms. The summed E-state index contributed by atoms with van der Waals surface area (Å²) in [6.45, 7) is 0. The van der Waals surface area contributed by atoms with Crippen molar-refractivity contribution in [2.45, 2.75) is 4.90 Å². The highest BCUT2D eigenvalue weighted by Gasteiger charge is 2.16. The number of hydrogen-bond donors (Lipinski definition) is 2. The Kier molecular flexibility index (Phi) is 4.20. The van der Waals surface area contributed by atoms with Crippen molar-refractivity contribution >= 4 is 38.9 Å². The molecule has 3 aromatic rings. The zero-order valence-electron chi connectivity index (χ0n) is 11.4. The molecule has 10 heteroatoms. The number of halogens is 2. The molecule has 0 atom stereocenters. The predicted octanol–water partition coefficient (Wildman–Crippen LogP) is 2.97. The van der Waals surface area contributed by atoms with Gasteiger partial charge in [0.1, 0.15) is 0 Å². The number of aromatic amines is 1. The van der Waals surface area contributed by atoms with E-state index in [9.17, 15) is 8.42 Å². The number of hydrogen-bond acceptors (Lipinski definition) is 5. The summed E-state index contributed by atoms with van der Waals surface area (Å²) in [7, 11) is -3.79. The number of aromatic nitrogens is 4. The van der Waals surface area contributed by atoms with Gasteiger partial charge in [-0.15, -0.1) is 10.2 Å². The molecule has 23 heavy (non-hydrogen) atoms. The van der Waals surface area contributed by atoms with E-state index in [1.54, 1.807) is 24.3 Å². The van der Waals surface area contributed by atoms with Crippen LogP contribution < -0.4 is 4.72 Å². The molecule has 0 aliphatic heterocycles. The van der Waals surface area contributed by atoms with Gasteiger partial charge in [0.15, 0.2) is 0 Å². The van der Waals surface area contributed by atoms with Crippen LogP contribution in [-0.2, 0) is 10.0 Å². The monoisotopic (exact) mass is 369 g/mol. The van der Waals surface area contributed by atoms with Crippen LogP contribution in [0.4, 0.5) is 5.69 Å². The molecule has 2 N–H and O–H groups in total. The molecular weight excluding hydrogens is 361 g/mol. The summed E-state index contributed by atoms with van der Waals surface area (Å²) >= 11 is 11.7. The van der Waals surface area contributed by atoms with Crippen LogP contribution in [0.5, 0.6) is 0 Å². The summed E-state index contributed by atoms with van der Waals surface area (Å²) < 4.78 is 27.2. The van der Waals surface area contributed by atoms with Crippen LogP contribution in [-0.4, -0.2) is 29.0 Å². The minimum Gasteiger partial charge on any atom is -0.280 e. The van der Waals surface area contributed by atoms with Crippen molar-refractivity contribution in [2.24, 2.45) is 0 Å². The molecule has 3 rings (SSSR count). The molecule has 2 aromatic carbocycles. The molecule has 0 saturated carbocycles. The lowest BCUT2D eigenvalue weighted by Crippen LogP contribution is -2.12.